The van der Waals surface area contributed by atoms with E-state index in [4.69, 9.17) is 9.15 Å². The van der Waals surface area contributed by atoms with Crippen LogP contribution in [-0.4, -0.2) is 29.9 Å². The smallest absolute Gasteiger partial charge is 0.329 e. The summed E-state index contributed by atoms with van der Waals surface area (Å²) in [6.07, 6.45) is 1.58. The average Bonchev–Trinajstić information content (AvgIpc) is 3.22. The van der Waals surface area contributed by atoms with Gasteiger partial charge in [-0.1, -0.05) is 60.7 Å². The van der Waals surface area contributed by atoms with Crippen molar-refractivity contribution in [2.45, 2.75) is 25.6 Å². The molecule has 1 unspecified atom stereocenters. The number of esters is 1. The van der Waals surface area contributed by atoms with Gasteiger partial charge in [0.1, 0.15) is 18.9 Å². The maximum Gasteiger partial charge on any atom is 0.329 e. The molecule has 0 bridgehead atoms. The molecule has 29 heavy (non-hydrogen) atoms. The summed E-state index contributed by atoms with van der Waals surface area (Å²) < 4.78 is 10.7. The van der Waals surface area contributed by atoms with E-state index < -0.39 is 17.9 Å². The molecule has 1 atom stereocenters. The summed E-state index contributed by atoms with van der Waals surface area (Å²) >= 11 is 0. The highest BCUT2D eigenvalue weighted by molar-refractivity contribution is 5.95. The van der Waals surface area contributed by atoms with Gasteiger partial charge in [0.2, 0.25) is 5.89 Å². The molecule has 2 N–H and O–H groups in total. The summed E-state index contributed by atoms with van der Waals surface area (Å²) in [5.74, 6) is -0.609. The molecule has 1 amide bonds. The molecule has 1 aromatic heterocycles. The van der Waals surface area contributed by atoms with Gasteiger partial charge in [0.25, 0.3) is 5.91 Å². The minimum atomic E-state index is -0.849. The number of carbonyl (C=O) groups excluding carboxylic acids is 2. The molecule has 150 valence electrons. The van der Waals surface area contributed by atoms with Crippen LogP contribution in [0.1, 0.15) is 27.5 Å². The van der Waals surface area contributed by atoms with Crippen molar-refractivity contribution < 1.29 is 18.7 Å². The first-order chi connectivity index (χ1) is 14.2. The van der Waals surface area contributed by atoms with E-state index in [9.17, 15) is 9.59 Å². The van der Waals surface area contributed by atoms with Crippen molar-refractivity contribution in [3.05, 3.63) is 89.6 Å². The van der Waals surface area contributed by atoms with E-state index in [-0.39, 0.29) is 12.3 Å². The molecule has 2 aromatic carbocycles. The molecular weight excluding hydrogens is 370 g/mol. The number of ether oxygens (including phenoxy) is 1. The standard InChI is InChI=1S/C22H23N3O4/c1-23-13-20-24-19(15-28-20)21(26)25-18(12-16-8-4-2-5-9-16)22(27)29-14-17-10-6-3-7-11-17/h2-11,15,18,23H,12-14H2,1H3,(H,25,26). The Balaban J connectivity index is 1.69. The van der Waals surface area contributed by atoms with E-state index in [1.54, 1.807) is 7.05 Å². The largest absolute Gasteiger partial charge is 0.459 e. The molecule has 0 aliphatic heterocycles. The molecule has 0 saturated carbocycles. The fourth-order valence-electron chi connectivity index (χ4n) is 2.75. The Kier molecular flexibility index (Phi) is 7.13. The summed E-state index contributed by atoms with van der Waals surface area (Å²) in [6, 6.07) is 18.0. The van der Waals surface area contributed by atoms with E-state index in [0.717, 1.165) is 11.1 Å². The van der Waals surface area contributed by atoms with Crippen LogP contribution >= 0.6 is 0 Å². The van der Waals surface area contributed by atoms with Gasteiger partial charge in [-0.25, -0.2) is 9.78 Å². The maximum absolute atomic E-state index is 12.7. The van der Waals surface area contributed by atoms with Crippen molar-refractivity contribution >= 4 is 11.9 Å². The predicted octanol–water partition coefficient (Wildman–Crippen LogP) is 2.48. The summed E-state index contributed by atoms with van der Waals surface area (Å²) in [5, 5.41) is 5.62. The zero-order valence-electron chi connectivity index (χ0n) is 16.1. The number of aromatic nitrogens is 1. The number of rotatable bonds is 9. The van der Waals surface area contributed by atoms with Crippen molar-refractivity contribution in [3.8, 4) is 0 Å². The summed E-state index contributed by atoms with van der Waals surface area (Å²) in [6.45, 7) is 0.539. The van der Waals surface area contributed by atoms with Gasteiger partial charge in [0.15, 0.2) is 5.69 Å². The number of nitrogens with zero attached hydrogens (tertiary/aromatic N) is 1. The Morgan fingerprint density at radius 1 is 1.03 bits per heavy atom. The first-order valence-corrected chi connectivity index (χ1v) is 9.30. The van der Waals surface area contributed by atoms with Gasteiger partial charge in [0.05, 0.1) is 6.54 Å². The minimum Gasteiger partial charge on any atom is -0.459 e. The number of hydrogen-bond donors (Lipinski definition) is 2. The third kappa shape index (κ3) is 6.02. The first kappa shape index (κ1) is 20.3. The number of amides is 1. The van der Waals surface area contributed by atoms with E-state index in [2.05, 4.69) is 15.6 Å². The Morgan fingerprint density at radius 3 is 2.34 bits per heavy atom. The second kappa shape index (κ2) is 10.2. The molecule has 3 rings (SSSR count). The highest BCUT2D eigenvalue weighted by atomic mass is 16.5. The van der Waals surface area contributed by atoms with Gasteiger partial charge in [-0.05, 0) is 18.2 Å². The fraction of sp³-hybridized carbons (Fsp3) is 0.227. The van der Waals surface area contributed by atoms with Gasteiger partial charge < -0.3 is 19.8 Å². The van der Waals surface area contributed by atoms with Gasteiger partial charge >= 0.3 is 5.97 Å². The molecule has 0 fully saturated rings. The lowest BCUT2D eigenvalue weighted by molar-refractivity contribution is -0.147. The molecular formula is C22H23N3O4. The monoisotopic (exact) mass is 393 g/mol. The van der Waals surface area contributed by atoms with Crippen molar-refractivity contribution in [2.75, 3.05) is 7.05 Å². The van der Waals surface area contributed by atoms with Crippen LogP contribution in [0.3, 0.4) is 0 Å². The van der Waals surface area contributed by atoms with Crippen LogP contribution in [0.15, 0.2) is 71.3 Å². The molecule has 7 nitrogen and oxygen atoms in total. The maximum atomic E-state index is 12.7. The molecule has 0 radical (unpaired) electrons. The van der Waals surface area contributed by atoms with Crippen LogP contribution in [0.25, 0.3) is 0 Å². The number of oxazole rings is 1. The SMILES string of the molecule is CNCc1nc(C(=O)NC(Cc2ccccc2)C(=O)OCc2ccccc2)co1. The van der Waals surface area contributed by atoms with E-state index >= 15 is 0 Å². The van der Waals surface area contributed by atoms with Crippen LogP contribution in [0.4, 0.5) is 0 Å². The normalized spacial score (nSPS) is 11.6. The van der Waals surface area contributed by atoms with Crippen molar-refractivity contribution in [1.29, 1.82) is 0 Å². The quantitative estimate of drug-likeness (QED) is 0.543. The summed E-state index contributed by atoms with van der Waals surface area (Å²) in [4.78, 5) is 29.4. The summed E-state index contributed by atoms with van der Waals surface area (Å²) in [7, 11) is 1.75. The third-order valence-electron chi connectivity index (χ3n) is 4.21. The van der Waals surface area contributed by atoms with Gasteiger partial charge in [-0.3, -0.25) is 4.79 Å². The fourth-order valence-corrected chi connectivity index (χ4v) is 2.75. The average molecular weight is 393 g/mol. The van der Waals surface area contributed by atoms with E-state index in [1.807, 2.05) is 60.7 Å². The molecule has 0 aliphatic carbocycles. The molecule has 1 heterocycles. The Hall–Kier alpha value is -3.45. The first-order valence-electron chi connectivity index (χ1n) is 9.30. The second-order valence-electron chi connectivity index (χ2n) is 6.47. The Bertz CT molecular complexity index is 926. The minimum absolute atomic E-state index is 0.115. The molecule has 0 spiro atoms. The highest BCUT2D eigenvalue weighted by Gasteiger charge is 2.25. The second-order valence-corrected chi connectivity index (χ2v) is 6.47. The lowest BCUT2D eigenvalue weighted by atomic mass is 10.1. The molecule has 0 aliphatic rings. The van der Waals surface area contributed by atoms with E-state index in [1.165, 1.54) is 6.26 Å². The number of carbonyl (C=O) groups is 2. The van der Waals surface area contributed by atoms with Crippen LogP contribution in [-0.2, 0) is 29.1 Å². The zero-order chi connectivity index (χ0) is 20.5. The van der Waals surface area contributed by atoms with Crippen molar-refractivity contribution in [3.63, 3.8) is 0 Å². The topological polar surface area (TPSA) is 93.5 Å². The van der Waals surface area contributed by atoms with Crippen molar-refractivity contribution in [2.24, 2.45) is 0 Å². The molecule has 0 saturated heterocycles. The van der Waals surface area contributed by atoms with E-state index in [0.29, 0.717) is 18.9 Å². The van der Waals surface area contributed by atoms with Gasteiger partial charge in [-0.2, -0.15) is 0 Å². The highest BCUT2D eigenvalue weighted by Crippen LogP contribution is 2.09. The third-order valence-corrected chi connectivity index (χ3v) is 4.21. The van der Waals surface area contributed by atoms with Crippen LogP contribution in [0.5, 0.6) is 0 Å². The van der Waals surface area contributed by atoms with Crippen molar-refractivity contribution in [1.82, 2.24) is 15.6 Å². The molecule has 7 heteroatoms. The molecule has 3 aromatic rings. The number of nitrogens with one attached hydrogen (secondary N) is 2. The number of benzene rings is 2. The van der Waals surface area contributed by atoms with Crippen LogP contribution in [0.2, 0.25) is 0 Å². The zero-order valence-corrected chi connectivity index (χ0v) is 16.1. The predicted molar refractivity (Wildman–Crippen MR) is 107 cm³/mol. The number of hydrogen-bond acceptors (Lipinski definition) is 6. The van der Waals surface area contributed by atoms with Gasteiger partial charge in [0, 0.05) is 6.42 Å². The Labute approximate surface area is 169 Å². The van der Waals surface area contributed by atoms with Gasteiger partial charge in [-0.15, -0.1) is 0 Å². The summed E-state index contributed by atoms with van der Waals surface area (Å²) in [5.41, 5.74) is 1.90. The van der Waals surface area contributed by atoms with Crippen LogP contribution in [0, 0.1) is 0 Å². The van der Waals surface area contributed by atoms with Crippen LogP contribution < -0.4 is 10.6 Å². The Morgan fingerprint density at radius 2 is 1.69 bits per heavy atom. The lowest BCUT2D eigenvalue weighted by Crippen LogP contribution is -2.43. The lowest BCUT2D eigenvalue weighted by Gasteiger charge is -2.17.